The quantitative estimate of drug-likeness (QED) is 0.229. The van der Waals surface area contributed by atoms with Gasteiger partial charge in [-0.15, -0.1) is 0 Å². The van der Waals surface area contributed by atoms with Crippen molar-refractivity contribution in [3.05, 3.63) is 60.3 Å². The number of hydrogen-bond donors (Lipinski definition) is 1. The first-order chi connectivity index (χ1) is 20.6. The number of benzene rings is 2. The summed E-state index contributed by atoms with van der Waals surface area (Å²) in [4.78, 5) is 32.0. The van der Waals surface area contributed by atoms with Crippen LogP contribution in [0.25, 0.3) is 27.8 Å². The van der Waals surface area contributed by atoms with E-state index in [1.165, 1.54) is 12.7 Å². The highest BCUT2D eigenvalue weighted by Gasteiger charge is 2.33. The SMILES string of the molecule is Cc1cc(-n2nc(C3CN(C(=O)OC(C)(C)C)CCO3)c3c(/N=C/N)ncnc32)ccc1Oc1ccc2c(c1)ncn2C. The van der Waals surface area contributed by atoms with Crippen LogP contribution in [0.15, 0.2) is 54.0 Å². The summed E-state index contributed by atoms with van der Waals surface area (Å²) in [6.45, 7) is 8.44. The van der Waals surface area contributed by atoms with E-state index in [9.17, 15) is 4.79 Å². The third-order valence-electron chi connectivity index (χ3n) is 7.02. The molecule has 1 unspecified atom stereocenters. The van der Waals surface area contributed by atoms with Crippen LogP contribution in [0.5, 0.6) is 11.5 Å². The lowest BCUT2D eigenvalue weighted by Crippen LogP contribution is -2.44. The van der Waals surface area contributed by atoms with Gasteiger partial charge in [0.1, 0.15) is 35.2 Å². The lowest BCUT2D eigenvalue weighted by Gasteiger charge is -2.33. The average Bonchev–Trinajstić information content (AvgIpc) is 3.55. The number of morpholine rings is 1. The number of aryl methyl sites for hydroxylation is 2. The van der Waals surface area contributed by atoms with Gasteiger partial charge in [-0.3, -0.25) is 0 Å². The summed E-state index contributed by atoms with van der Waals surface area (Å²) in [6, 6.07) is 11.6. The van der Waals surface area contributed by atoms with E-state index >= 15 is 0 Å². The summed E-state index contributed by atoms with van der Waals surface area (Å²) in [5.74, 6) is 1.74. The normalized spacial score (nSPS) is 15.9. The maximum absolute atomic E-state index is 12.9. The van der Waals surface area contributed by atoms with Crippen molar-refractivity contribution in [3.63, 3.8) is 0 Å². The Labute approximate surface area is 247 Å². The Kier molecular flexibility index (Phi) is 7.18. The highest BCUT2D eigenvalue weighted by molar-refractivity contribution is 5.90. The van der Waals surface area contributed by atoms with Crippen LogP contribution >= 0.6 is 0 Å². The number of fused-ring (bicyclic) bond motifs is 2. The van der Waals surface area contributed by atoms with Gasteiger partial charge in [-0.1, -0.05) is 0 Å². The van der Waals surface area contributed by atoms with Crippen molar-refractivity contribution >= 4 is 40.3 Å². The van der Waals surface area contributed by atoms with E-state index in [1.807, 2.05) is 75.7 Å². The van der Waals surface area contributed by atoms with Gasteiger partial charge in [0.05, 0.1) is 47.9 Å². The summed E-state index contributed by atoms with van der Waals surface area (Å²) in [5, 5.41) is 5.52. The van der Waals surface area contributed by atoms with Crippen LogP contribution < -0.4 is 10.5 Å². The molecule has 0 aliphatic carbocycles. The van der Waals surface area contributed by atoms with Crippen LogP contribution in [-0.4, -0.2) is 71.9 Å². The molecular weight excluding hydrogens is 550 g/mol. The van der Waals surface area contributed by atoms with Crippen molar-refractivity contribution < 1.29 is 19.0 Å². The molecule has 2 aromatic carbocycles. The molecule has 4 heterocycles. The summed E-state index contributed by atoms with van der Waals surface area (Å²) in [6.07, 6.45) is 3.40. The number of nitrogens with zero attached hydrogens (tertiary/aromatic N) is 8. The maximum Gasteiger partial charge on any atom is 0.410 e. The Morgan fingerprint density at radius 3 is 2.77 bits per heavy atom. The minimum atomic E-state index is -0.616. The van der Waals surface area contributed by atoms with Crippen molar-refractivity contribution in [2.45, 2.75) is 39.4 Å². The zero-order valence-corrected chi connectivity index (χ0v) is 24.7. The molecule has 1 amide bonds. The fourth-order valence-corrected chi connectivity index (χ4v) is 5.03. The van der Waals surface area contributed by atoms with Gasteiger partial charge in [0.15, 0.2) is 11.5 Å². The minimum Gasteiger partial charge on any atom is -0.457 e. The summed E-state index contributed by atoms with van der Waals surface area (Å²) in [5.41, 5.74) is 9.63. The molecule has 0 spiro atoms. The van der Waals surface area contributed by atoms with Gasteiger partial charge >= 0.3 is 6.09 Å². The number of amides is 1. The molecule has 3 aromatic heterocycles. The van der Waals surface area contributed by atoms with Gasteiger partial charge in [0.2, 0.25) is 0 Å². The second-order valence-electron chi connectivity index (χ2n) is 11.3. The molecule has 1 aliphatic heterocycles. The Morgan fingerprint density at radius 1 is 1.16 bits per heavy atom. The molecule has 6 rings (SSSR count). The molecule has 1 fully saturated rings. The number of ether oxygens (including phenoxy) is 3. The van der Waals surface area contributed by atoms with E-state index in [0.29, 0.717) is 47.2 Å². The van der Waals surface area contributed by atoms with Crippen LogP contribution in [0, 0.1) is 6.92 Å². The van der Waals surface area contributed by atoms with Crippen molar-refractivity contribution in [3.8, 4) is 17.2 Å². The number of carbonyl (C=O) groups is 1. The predicted molar refractivity (Wildman–Crippen MR) is 161 cm³/mol. The molecular formula is C30H33N9O4. The number of imidazole rings is 1. The molecule has 0 saturated carbocycles. The molecule has 1 saturated heterocycles. The molecule has 13 heteroatoms. The first-order valence-corrected chi connectivity index (χ1v) is 13.9. The Morgan fingerprint density at radius 2 is 2.00 bits per heavy atom. The van der Waals surface area contributed by atoms with Crippen molar-refractivity contribution in [1.29, 1.82) is 0 Å². The predicted octanol–water partition coefficient (Wildman–Crippen LogP) is 4.73. The first kappa shape index (κ1) is 28.1. The average molecular weight is 584 g/mol. The summed E-state index contributed by atoms with van der Waals surface area (Å²) in [7, 11) is 1.96. The standard InChI is InChI=1S/C30H33N9O4/c1-18-12-19(6-9-23(18)42-20-7-8-22-21(13-20)35-17-37(22)5)39-28-25(27(32-15-31)33-16-34-28)26(36-39)24-14-38(10-11-41-24)29(40)43-30(2,3)4/h6-9,12-13,15-17,24H,10-11,14H2,1-5H3,(H2,31,32,33,34). The molecule has 1 aliphatic rings. The first-order valence-electron chi connectivity index (χ1n) is 13.9. The molecule has 5 aromatic rings. The van der Waals surface area contributed by atoms with Gasteiger partial charge in [0.25, 0.3) is 0 Å². The van der Waals surface area contributed by atoms with E-state index in [2.05, 4.69) is 19.9 Å². The van der Waals surface area contributed by atoms with Gasteiger partial charge in [-0.2, -0.15) is 5.10 Å². The molecule has 0 radical (unpaired) electrons. The van der Waals surface area contributed by atoms with Crippen molar-refractivity contribution in [2.75, 3.05) is 19.7 Å². The highest BCUT2D eigenvalue weighted by Crippen LogP contribution is 2.35. The topological polar surface area (TPSA) is 148 Å². The second-order valence-corrected chi connectivity index (χ2v) is 11.3. The van der Waals surface area contributed by atoms with Crippen LogP contribution in [0.1, 0.15) is 38.1 Å². The summed E-state index contributed by atoms with van der Waals surface area (Å²) >= 11 is 0. The Bertz CT molecular complexity index is 1850. The van der Waals surface area contributed by atoms with Crippen LogP contribution in [-0.2, 0) is 16.5 Å². The fraction of sp³-hybridized carbons (Fsp3) is 0.333. The number of rotatable bonds is 5. The van der Waals surface area contributed by atoms with Gasteiger partial charge in [-0.25, -0.2) is 29.4 Å². The third kappa shape index (κ3) is 5.58. The van der Waals surface area contributed by atoms with Gasteiger partial charge < -0.3 is 29.4 Å². The lowest BCUT2D eigenvalue weighted by atomic mass is 10.1. The van der Waals surface area contributed by atoms with Gasteiger partial charge in [-0.05, 0) is 63.6 Å². The fourth-order valence-electron chi connectivity index (χ4n) is 5.03. The smallest absolute Gasteiger partial charge is 0.410 e. The Balaban J connectivity index is 1.35. The second kappa shape index (κ2) is 11.0. The van der Waals surface area contributed by atoms with Crippen molar-refractivity contribution in [1.82, 2.24) is 34.2 Å². The number of aliphatic imine (C=N–C) groups is 1. The van der Waals surface area contributed by atoms with Crippen molar-refractivity contribution in [2.24, 2.45) is 17.8 Å². The van der Waals surface area contributed by atoms with Crippen LogP contribution in [0.4, 0.5) is 10.6 Å². The van der Waals surface area contributed by atoms with E-state index < -0.39 is 17.8 Å². The molecule has 1 atom stereocenters. The molecule has 43 heavy (non-hydrogen) atoms. The van der Waals surface area contributed by atoms with Crippen LogP contribution in [0.3, 0.4) is 0 Å². The van der Waals surface area contributed by atoms with Gasteiger partial charge in [0, 0.05) is 19.7 Å². The lowest BCUT2D eigenvalue weighted by molar-refractivity contribution is -0.0443. The molecule has 2 N–H and O–H groups in total. The zero-order chi connectivity index (χ0) is 30.3. The molecule has 13 nitrogen and oxygen atoms in total. The number of carbonyl (C=O) groups excluding carboxylic acids is 1. The molecule has 0 bridgehead atoms. The minimum absolute atomic E-state index is 0.244. The number of hydrogen-bond acceptors (Lipinski definition) is 9. The number of aromatic nitrogens is 6. The van der Waals surface area contributed by atoms with E-state index in [-0.39, 0.29) is 6.54 Å². The maximum atomic E-state index is 12.9. The van der Waals surface area contributed by atoms with E-state index in [4.69, 9.17) is 25.0 Å². The summed E-state index contributed by atoms with van der Waals surface area (Å²) < 4.78 is 21.6. The number of nitrogens with two attached hydrogens (primary N) is 1. The molecule has 222 valence electrons. The van der Waals surface area contributed by atoms with E-state index in [1.54, 1.807) is 15.9 Å². The largest absolute Gasteiger partial charge is 0.457 e. The highest BCUT2D eigenvalue weighted by atomic mass is 16.6. The van der Waals surface area contributed by atoms with E-state index in [0.717, 1.165) is 22.3 Å². The van der Waals surface area contributed by atoms with Crippen LogP contribution in [0.2, 0.25) is 0 Å². The monoisotopic (exact) mass is 583 g/mol. The zero-order valence-electron chi connectivity index (χ0n) is 24.7. The Hall–Kier alpha value is -5.04. The third-order valence-corrected chi connectivity index (χ3v) is 7.02.